The molecule has 1 atom stereocenters. The summed E-state index contributed by atoms with van der Waals surface area (Å²) in [6, 6.07) is 12.6. The number of thioether (sulfide) groups is 1. The summed E-state index contributed by atoms with van der Waals surface area (Å²) in [5.74, 6) is -0.00841. The van der Waals surface area contributed by atoms with Gasteiger partial charge in [0.25, 0.3) is 0 Å². The van der Waals surface area contributed by atoms with Crippen LogP contribution in [0.4, 0.5) is 5.69 Å². The molecule has 0 bridgehead atoms. The number of hydrogen-bond donors (Lipinski definition) is 0. The number of carbonyl (C=O) groups is 1. The molecule has 3 rings (SSSR count). The minimum absolute atomic E-state index is 0.00841. The van der Waals surface area contributed by atoms with E-state index in [1.807, 2.05) is 25.1 Å². The van der Waals surface area contributed by atoms with Crippen LogP contribution in [-0.4, -0.2) is 54.6 Å². The fraction of sp³-hybridized carbons (Fsp3) is 0.364. The summed E-state index contributed by atoms with van der Waals surface area (Å²) >= 11 is 1.53. The zero-order chi connectivity index (χ0) is 22.1. The molecule has 2 aromatic carbocycles. The third-order valence-corrected chi connectivity index (χ3v) is 7.91. The van der Waals surface area contributed by atoms with Crippen molar-refractivity contribution in [3.63, 3.8) is 0 Å². The van der Waals surface area contributed by atoms with E-state index >= 15 is 0 Å². The summed E-state index contributed by atoms with van der Waals surface area (Å²) in [7, 11) is -0.554. The Bertz CT molecular complexity index is 1090. The lowest BCUT2D eigenvalue weighted by Crippen LogP contribution is -2.33. The second-order valence-electron chi connectivity index (χ2n) is 7.71. The van der Waals surface area contributed by atoms with E-state index in [0.29, 0.717) is 23.8 Å². The molecule has 1 heterocycles. The molecule has 0 aromatic heterocycles. The Morgan fingerprint density at radius 1 is 1.17 bits per heavy atom. The summed E-state index contributed by atoms with van der Waals surface area (Å²) in [6.45, 7) is 6.73. The van der Waals surface area contributed by atoms with Crippen molar-refractivity contribution >= 4 is 38.5 Å². The third-order valence-electron chi connectivity index (χ3n) is 5.03. The van der Waals surface area contributed by atoms with Crippen LogP contribution in [0.2, 0.25) is 0 Å². The van der Waals surface area contributed by atoms with Gasteiger partial charge in [-0.2, -0.15) is 0 Å². The van der Waals surface area contributed by atoms with Crippen molar-refractivity contribution < 1.29 is 13.2 Å². The predicted octanol–water partition coefficient (Wildman–Crippen LogP) is 3.75. The van der Waals surface area contributed by atoms with E-state index in [4.69, 9.17) is 0 Å². The van der Waals surface area contributed by atoms with E-state index in [2.05, 4.69) is 18.8 Å². The van der Waals surface area contributed by atoms with Crippen LogP contribution in [0.1, 0.15) is 23.6 Å². The number of carbonyl (C=O) groups excluding carboxylic acids is 1. The third kappa shape index (κ3) is 4.94. The topological polar surface area (TPSA) is 70.0 Å². The predicted molar refractivity (Wildman–Crippen MR) is 123 cm³/mol. The smallest absolute Gasteiger partial charge is 0.242 e. The lowest BCUT2D eigenvalue weighted by molar-refractivity contribution is -0.126. The van der Waals surface area contributed by atoms with Crippen LogP contribution >= 0.6 is 11.8 Å². The molecule has 1 saturated heterocycles. The SMILES string of the molecule is Cc1ccc(CC(=O)N2CC(C)SC2=Nc2cccc(S(=O)(=O)N(C)C)c2)cc1C. The van der Waals surface area contributed by atoms with E-state index in [-0.39, 0.29) is 16.1 Å². The van der Waals surface area contributed by atoms with Gasteiger partial charge >= 0.3 is 0 Å². The first-order chi connectivity index (χ1) is 14.1. The number of aliphatic imine (C=N–C) groups is 1. The highest BCUT2D eigenvalue weighted by Crippen LogP contribution is 2.30. The van der Waals surface area contributed by atoms with Crippen molar-refractivity contribution in [3.8, 4) is 0 Å². The van der Waals surface area contributed by atoms with Crippen LogP contribution in [0.25, 0.3) is 0 Å². The number of nitrogens with zero attached hydrogens (tertiary/aromatic N) is 3. The van der Waals surface area contributed by atoms with Gasteiger partial charge in [-0.25, -0.2) is 17.7 Å². The molecule has 30 heavy (non-hydrogen) atoms. The lowest BCUT2D eigenvalue weighted by Gasteiger charge is -2.17. The normalized spacial score (nSPS) is 18.4. The van der Waals surface area contributed by atoms with Crippen molar-refractivity contribution in [2.24, 2.45) is 4.99 Å². The first-order valence-electron chi connectivity index (χ1n) is 9.72. The van der Waals surface area contributed by atoms with E-state index < -0.39 is 10.0 Å². The molecule has 1 aliphatic rings. The first kappa shape index (κ1) is 22.5. The molecule has 0 N–H and O–H groups in total. The average molecular weight is 446 g/mol. The lowest BCUT2D eigenvalue weighted by atomic mass is 10.0. The maximum Gasteiger partial charge on any atom is 0.242 e. The molecule has 0 spiro atoms. The van der Waals surface area contributed by atoms with Gasteiger partial charge in [0.2, 0.25) is 15.9 Å². The largest absolute Gasteiger partial charge is 0.290 e. The minimum Gasteiger partial charge on any atom is -0.290 e. The molecule has 1 amide bonds. The first-order valence-corrected chi connectivity index (χ1v) is 12.0. The fourth-order valence-corrected chi connectivity index (χ4v) is 5.12. The summed E-state index contributed by atoms with van der Waals surface area (Å²) in [5, 5.41) is 0.830. The van der Waals surface area contributed by atoms with Gasteiger partial charge in [-0.05, 0) is 48.7 Å². The van der Waals surface area contributed by atoms with Crippen LogP contribution < -0.4 is 0 Å². The second kappa shape index (κ2) is 8.91. The molecule has 0 saturated carbocycles. The van der Waals surface area contributed by atoms with Crippen molar-refractivity contribution in [1.82, 2.24) is 9.21 Å². The molecule has 1 fully saturated rings. The highest BCUT2D eigenvalue weighted by molar-refractivity contribution is 8.14. The number of rotatable bonds is 5. The van der Waals surface area contributed by atoms with E-state index in [9.17, 15) is 13.2 Å². The van der Waals surface area contributed by atoms with Crippen molar-refractivity contribution in [3.05, 3.63) is 59.2 Å². The van der Waals surface area contributed by atoms with Crippen LogP contribution in [0.5, 0.6) is 0 Å². The summed E-state index contributed by atoms with van der Waals surface area (Å²) < 4.78 is 26.0. The Balaban J connectivity index is 1.86. The zero-order valence-corrected chi connectivity index (χ0v) is 19.5. The molecule has 1 aliphatic heterocycles. The van der Waals surface area contributed by atoms with Crippen LogP contribution in [0.3, 0.4) is 0 Å². The van der Waals surface area contributed by atoms with Crippen LogP contribution in [-0.2, 0) is 21.2 Å². The number of amidine groups is 1. The highest BCUT2D eigenvalue weighted by Gasteiger charge is 2.31. The molecular formula is C22H27N3O3S2. The number of aryl methyl sites for hydroxylation is 2. The number of sulfonamides is 1. The monoisotopic (exact) mass is 445 g/mol. The van der Waals surface area contributed by atoms with Crippen molar-refractivity contribution in [1.29, 1.82) is 0 Å². The Hall–Kier alpha value is -2.16. The van der Waals surface area contributed by atoms with Crippen molar-refractivity contribution in [2.75, 3.05) is 20.6 Å². The standard InChI is InChI=1S/C22H27N3O3S2/c1-15-9-10-18(11-16(15)2)12-21(26)25-14-17(3)29-22(25)23-19-7-6-8-20(13-19)30(27,28)24(4)5/h6-11,13,17H,12,14H2,1-5H3. The van der Waals surface area contributed by atoms with Gasteiger partial charge in [-0.1, -0.05) is 43.0 Å². The maximum absolute atomic E-state index is 13.0. The van der Waals surface area contributed by atoms with Gasteiger partial charge in [0.05, 0.1) is 17.0 Å². The van der Waals surface area contributed by atoms with E-state index in [1.165, 1.54) is 41.8 Å². The van der Waals surface area contributed by atoms with Crippen LogP contribution in [0, 0.1) is 13.8 Å². The summed E-state index contributed by atoms with van der Waals surface area (Å²) in [6.07, 6.45) is 0.308. The zero-order valence-electron chi connectivity index (χ0n) is 17.9. The van der Waals surface area contributed by atoms with Gasteiger partial charge in [-0.15, -0.1) is 0 Å². The number of amides is 1. The quantitative estimate of drug-likeness (QED) is 0.703. The molecule has 8 heteroatoms. The Morgan fingerprint density at radius 3 is 2.57 bits per heavy atom. The van der Waals surface area contributed by atoms with Gasteiger partial charge < -0.3 is 0 Å². The van der Waals surface area contributed by atoms with Gasteiger partial charge in [0, 0.05) is 25.9 Å². The molecular weight excluding hydrogens is 418 g/mol. The second-order valence-corrected chi connectivity index (χ2v) is 11.3. The number of hydrogen-bond acceptors (Lipinski definition) is 5. The van der Waals surface area contributed by atoms with Gasteiger partial charge in [0.1, 0.15) is 0 Å². The molecule has 0 radical (unpaired) electrons. The average Bonchev–Trinajstić information content (AvgIpc) is 3.05. The van der Waals surface area contributed by atoms with Gasteiger partial charge in [0.15, 0.2) is 5.17 Å². The van der Waals surface area contributed by atoms with Crippen LogP contribution in [0.15, 0.2) is 52.4 Å². The minimum atomic E-state index is -3.55. The Labute approximate surface area is 183 Å². The van der Waals surface area contributed by atoms with Gasteiger partial charge in [-0.3, -0.25) is 9.69 Å². The Morgan fingerprint density at radius 2 is 1.90 bits per heavy atom. The molecule has 0 aliphatic carbocycles. The number of benzene rings is 2. The molecule has 6 nitrogen and oxygen atoms in total. The summed E-state index contributed by atoms with van der Waals surface area (Å²) in [4.78, 5) is 19.5. The van der Waals surface area contributed by atoms with E-state index in [1.54, 1.807) is 23.1 Å². The van der Waals surface area contributed by atoms with Crippen molar-refractivity contribution in [2.45, 2.75) is 37.3 Å². The Kier molecular flexibility index (Phi) is 6.69. The summed E-state index contributed by atoms with van der Waals surface area (Å²) in [5.41, 5.74) is 3.85. The maximum atomic E-state index is 13.0. The molecule has 2 aromatic rings. The highest BCUT2D eigenvalue weighted by atomic mass is 32.2. The fourth-order valence-electron chi connectivity index (χ4n) is 3.13. The van der Waals surface area contributed by atoms with E-state index in [0.717, 1.165) is 11.1 Å². The molecule has 160 valence electrons. The molecule has 1 unspecified atom stereocenters.